The number of halogens is 2. The van der Waals surface area contributed by atoms with Crippen LogP contribution >= 0.6 is 10.0 Å². The monoisotopic (exact) mass is 212 g/mol. The van der Waals surface area contributed by atoms with Crippen molar-refractivity contribution >= 4 is 10.0 Å². The predicted molar refractivity (Wildman–Crippen MR) is 59.0 cm³/mol. The molecule has 0 amide bonds. The van der Waals surface area contributed by atoms with Crippen LogP contribution < -0.4 is 0 Å². The molecule has 0 fully saturated rings. The van der Waals surface area contributed by atoms with E-state index in [4.69, 9.17) is 0 Å². The molecule has 0 bridgehead atoms. The molecule has 0 aromatic rings. The smallest absolute Gasteiger partial charge is 0.195 e. The molecular formula is C10H22F2S. The number of hydrogen-bond donors (Lipinski definition) is 0. The Bertz CT molecular complexity index is 178. The van der Waals surface area contributed by atoms with E-state index in [9.17, 15) is 8.78 Å². The van der Waals surface area contributed by atoms with Crippen LogP contribution in [0.4, 0.5) is 8.78 Å². The van der Waals surface area contributed by atoms with Crippen molar-refractivity contribution < 1.29 is 8.78 Å². The Labute approximate surface area is 82.4 Å². The van der Waals surface area contributed by atoms with Gasteiger partial charge >= 0.3 is 0 Å². The molecule has 0 saturated heterocycles. The lowest BCUT2D eigenvalue weighted by Crippen LogP contribution is -2.41. The van der Waals surface area contributed by atoms with E-state index in [1.165, 1.54) is 0 Å². The highest BCUT2D eigenvalue weighted by atomic mass is 32.3. The lowest BCUT2D eigenvalue weighted by Gasteiger charge is -2.49. The largest absolute Gasteiger partial charge is 0.283 e. The maximum atomic E-state index is 14.0. The zero-order chi connectivity index (χ0) is 11.1. The molecule has 0 unspecified atom stereocenters. The molecule has 0 radical (unpaired) electrons. The van der Waals surface area contributed by atoms with Gasteiger partial charge in [0.05, 0.1) is 0 Å². The summed E-state index contributed by atoms with van der Waals surface area (Å²) in [4.78, 5) is 0. The van der Waals surface area contributed by atoms with Gasteiger partial charge in [0.15, 0.2) is 0 Å². The molecule has 0 nitrogen and oxygen atoms in total. The predicted octanol–water partition coefficient (Wildman–Crippen LogP) is 4.10. The van der Waals surface area contributed by atoms with Gasteiger partial charge < -0.3 is 0 Å². The fourth-order valence-corrected chi connectivity index (χ4v) is 3.26. The fourth-order valence-electron chi connectivity index (χ4n) is 1.09. The van der Waals surface area contributed by atoms with Crippen molar-refractivity contribution in [2.45, 2.75) is 45.1 Å². The minimum absolute atomic E-state index is 0.0572. The summed E-state index contributed by atoms with van der Waals surface area (Å²) < 4.78 is 28.0. The molecule has 3 heteroatoms. The fraction of sp³-hybridized carbons (Fsp3) is 1.00. The van der Waals surface area contributed by atoms with E-state index in [0.29, 0.717) is 0 Å². The zero-order valence-corrected chi connectivity index (χ0v) is 10.6. The molecule has 0 aliphatic carbocycles. The van der Waals surface area contributed by atoms with Crippen molar-refractivity contribution in [2.24, 2.45) is 5.41 Å². The zero-order valence-electron chi connectivity index (χ0n) is 9.74. The number of rotatable bonds is 2. The average molecular weight is 212 g/mol. The second-order valence-corrected chi connectivity index (χ2v) is 9.49. The van der Waals surface area contributed by atoms with Crippen LogP contribution in [0, 0.1) is 5.41 Å². The Morgan fingerprint density at radius 2 is 1.31 bits per heavy atom. The summed E-state index contributed by atoms with van der Waals surface area (Å²) in [6, 6.07) is 0. The summed E-state index contributed by atoms with van der Waals surface area (Å²) in [6.45, 7) is 8.61. The summed E-state index contributed by atoms with van der Waals surface area (Å²) in [5.41, 5.74) is -0.934. The van der Waals surface area contributed by atoms with Gasteiger partial charge in [0, 0.05) is 5.41 Å². The molecule has 0 rings (SSSR count). The molecule has 0 spiro atoms. The Kier molecular flexibility index (Phi) is 3.47. The van der Waals surface area contributed by atoms with E-state index >= 15 is 0 Å². The molecule has 13 heavy (non-hydrogen) atoms. The summed E-state index contributed by atoms with van der Waals surface area (Å²) in [7, 11) is -1.87. The van der Waals surface area contributed by atoms with E-state index in [1.54, 1.807) is 33.3 Å². The van der Waals surface area contributed by atoms with Crippen LogP contribution in [0.5, 0.6) is 0 Å². The molecule has 0 aliphatic rings. The van der Waals surface area contributed by atoms with Crippen LogP contribution in [0.1, 0.15) is 34.6 Å². The Balaban J connectivity index is 5.04. The first-order chi connectivity index (χ1) is 5.44. The highest BCUT2D eigenvalue weighted by Crippen LogP contribution is 2.65. The van der Waals surface area contributed by atoms with Gasteiger partial charge in [-0.2, -0.15) is 18.8 Å². The quantitative estimate of drug-likeness (QED) is 0.646. The van der Waals surface area contributed by atoms with Crippen molar-refractivity contribution in [3.05, 3.63) is 0 Å². The Hall–Kier alpha value is 0.210. The standard InChI is InChI=1S/C10H22F2S/c1-8(2)13(6,7)10(11,12)9(3,4)5/h8H,1-7H3. The summed E-state index contributed by atoms with van der Waals surface area (Å²) in [6.07, 6.45) is 3.45. The maximum absolute atomic E-state index is 14.0. The van der Waals surface area contributed by atoms with E-state index in [-0.39, 0.29) is 5.25 Å². The third kappa shape index (κ3) is 2.17. The van der Waals surface area contributed by atoms with E-state index < -0.39 is 20.7 Å². The maximum Gasteiger partial charge on any atom is 0.283 e. The van der Waals surface area contributed by atoms with Crippen molar-refractivity contribution in [1.82, 2.24) is 0 Å². The third-order valence-corrected chi connectivity index (χ3v) is 7.00. The summed E-state index contributed by atoms with van der Waals surface area (Å²) in [5, 5.41) is -2.50. The van der Waals surface area contributed by atoms with Gasteiger partial charge in [0.25, 0.3) is 5.25 Å². The number of hydrogen-bond acceptors (Lipinski definition) is 0. The van der Waals surface area contributed by atoms with Gasteiger partial charge in [-0.25, -0.2) is 0 Å². The van der Waals surface area contributed by atoms with Gasteiger partial charge in [-0.15, -0.1) is 0 Å². The third-order valence-electron chi connectivity index (χ3n) is 2.71. The van der Waals surface area contributed by atoms with E-state index in [2.05, 4.69) is 0 Å². The van der Waals surface area contributed by atoms with Crippen molar-refractivity contribution in [2.75, 3.05) is 12.5 Å². The highest BCUT2D eigenvalue weighted by molar-refractivity contribution is 8.33. The summed E-state index contributed by atoms with van der Waals surface area (Å²) in [5.74, 6) is 0. The second kappa shape index (κ2) is 3.41. The first kappa shape index (κ1) is 13.2. The SMILES string of the molecule is CC(C)S(C)(C)C(F)(F)C(C)(C)C. The number of alkyl halides is 2. The van der Waals surface area contributed by atoms with Gasteiger partial charge in [-0.05, 0) is 17.8 Å². The van der Waals surface area contributed by atoms with Crippen LogP contribution in [0.25, 0.3) is 0 Å². The minimum Gasteiger partial charge on any atom is -0.195 e. The van der Waals surface area contributed by atoms with Crippen LogP contribution in [-0.4, -0.2) is 23.0 Å². The Morgan fingerprint density at radius 3 is 1.38 bits per heavy atom. The van der Waals surface area contributed by atoms with Crippen molar-refractivity contribution in [3.63, 3.8) is 0 Å². The van der Waals surface area contributed by atoms with Crippen molar-refractivity contribution in [1.29, 1.82) is 0 Å². The normalized spacial score (nSPS) is 16.5. The molecule has 0 heterocycles. The average Bonchev–Trinajstić information content (AvgIpc) is 1.84. The van der Waals surface area contributed by atoms with Crippen LogP contribution in [0.15, 0.2) is 0 Å². The first-order valence-electron chi connectivity index (χ1n) is 4.54. The van der Waals surface area contributed by atoms with Gasteiger partial charge in [0.1, 0.15) is 0 Å². The second-order valence-electron chi connectivity index (χ2n) is 5.22. The lowest BCUT2D eigenvalue weighted by molar-refractivity contribution is -0.0105. The van der Waals surface area contributed by atoms with E-state index in [0.717, 1.165) is 0 Å². The van der Waals surface area contributed by atoms with Crippen LogP contribution in [-0.2, 0) is 0 Å². The Morgan fingerprint density at radius 1 is 1.00 bits per heavy atom. The molecule has 0 aromatic heterocycles. The topological polar surface area (TPSA) is 0 Å². The highest BCUT2D eigenvalue weighted by Gasteiger charge is 2.53. The van der Waals surface area contributed by atoms with Gasteiger partial charge in [0.2, 0.25) is 0 Å². The molecule has 0 aliphatic heterocycles. The molecule has 0 saturated carbocycles. The molecule has 0 aromatic carbocycles. The minimum atomic E-state index is -2.56. The molecule has 0 N–H and O–H groups in total. The van der Waals surface area contributed by atoms with Gasteiger partial charge in [-0.1, -0.05) is 34.6 Å². The van der Waals surface area contributed by atoms with Crippen molar-refractivity contribution in [3.8, 4) is 0 Å². The molecule has 82 valence electrons. The summed E-state index contributed by atoms with van der Waals surface area (Å²) >= 11 is 0. The van der Waals surface area contributed by atoms with Crippen LogP contribution in [0.3, 0.4) is 0 Å². The lowest BCUT2D eigenvalue weighted by atomic mass is 9.97. The molecular weight excluding hydrogens is 190 g/mol. The molecule has 0 atom stereocenters. The van der Waals surface area contributed by atoms with Crippen LogP contribution in [0.2, 0.25) is 0 Å². The first-order valence-corrected chi connectivity index (χ1v) is 7.05. The van der Waals surface area contributed by atoms with Gasteiger partial charge in [-0.3, -0.25) is 0 Å². The van der Waals surface area contributed by atoms with E-state index in [1.807, 2.05) is 13.8 Å².